The molecule has 0 aliphatic rings. The first kappa shape index (κ1) is 11.9. The van der Waals surface area contributed by atoms with Crippen molar-refractivity contribution in [2.24, 2.45) is 0 Å². The van der Waals surface area contributed by atoms with Crippen molar-refractivity contribution in [3.05, 3.63) is 48.8 Å². The molecular weight excluding hydrogens is 260 g/mol. The fraction of sp³-hybridized carbons (Fsp3) is 0.0714. The van der Waals surface area contributed by atoms with Crippen LogP contribution in [0.4, 0.5) is 0 Å². The van der Waals surface area contributed by atoms with E-state index in [1.54, 1.807) is 24.4 Å². The molecule has 1 N–H and O–H groups in total. The van der Waals surface area contributed by atoms with E-state index in [1.807, 2.05) is 24.4 Å². The van der Waals surface area contributed by atoms with Gasteiger partial charge in [-0.05, 0) is 29.8 Å². The van der Waals surface area contributed by atoms with Crippen molar-refractivity contribution in [1.29, 1.82) is 0 Å². The van der Waals surface area contributed by atoms with Crippen LogP contribution in [0.3, 0.4) is 0 Å². The van der Waals surface area contributed by atoms with E-state index >= 15 is 0 Å². The van der Waals surface area contributed by atoms with E-state index in [-0.39, 0.29) is 0 Å². The summed E-state index contributed by atoms with van der Waals surface area (Å²) >= 11 is 0. The third kappa shape index (κ3) is 2.24. The van der Waals surface area contributed by atoms with Crippen LogP contribution in [0.5, 0.6) is 0 Å². The van der Waals surface area contributed by atoms with Crippen LogP contribution in [0.15, 0.2) is 53.7 Å². The maximum Gasteiger partial charge on any atom is 0.175 e. The molecule has 2 heterocycles. The van der Waals surface area contributed by atoms with Crippen LogP contribution in [0.1, 0.15) is 0 Å². The van der Waals surface area contributed by atoms with E-state index in [9.17, 15) is 8.42 Å². The largest absolute Gasteiger partial charge is 0.346 e. The van der Waals surface area contributed by atoms with Gasteiger partial charge in [0.25, 0.3) is 0 Å². The highest BCUT2D eigenvalue weighted by Gasteiger charge is 2.09. The standard InChI is InChI=1S/C14H12N2O2S/c1-19(17,18)13-4-2-3-10(8-13)12-7-11-5-6-15-14(11)16-9-12/h2-9H,1H3,(H,15,16). The Kier molecular flexibility index (Phi) is 2.64. The highest BCUT2D eigenvalue weighted by molar-refractivity contribution is 7.90. The molecule has 0 aliphatic carbocycles. The van der Waals surface area contributed by atoms with Crippen LogP contribution >= 0.6 is 0 Å². The Morgan fingerprint density at radius 1 is 1.11 bits per heavy atom. The molecule has 0 spiro atoms. The molecule has 0 unspecified atom stereocenters. The smallest absolute Gasteiger partial charge is 0.175 e. The van der Waals surface area contributed by atoms with E-state index in [4.69, 9.17) is 0 Å². The summed E-state index contributed by atoms with van der Waals surface area (Å²) in [4.78, 5) is 7.65. The third-order valence-electron chi connectivity index (χ3n) is 3.00. The maximum absolute atomic E-state index is 11.6. The van der Waals surface area contributed by atoms with Gasteiger partial charge in [-0.3, -0.25) is 0 Å². The number of H-pyrrole nitrogens is 1. The maximum atomic E-state index is 11.6. The molecule has 3 aromatic rings. The molecule has 0 saturated carbocycles. The Hall–Kier alpha value is -2.14. The zero-order valence-electron chi connectivity index (χ0n) is 10.3. The molecule has 2 aromatic heterocycles. The molecule has 0 atom stereocenters. The molecule has 3 rings (SSSR count). The van der Waals surface area contributed by atoms with E-state index in [2.05, 4.69) is 9.97 Å². The van der Waals surface area contributed by atoms with Crippen LogP contribution in [0, 0.1) is 0 Å². The summed E-state index contributed by atoms with van der Waals surface area (Å²) in [6, 6.07) is 10.8. The Bertz CT molecular complexity index is 851. The van der Waals surface area contributed by atoms with E-state index in [0.717, 1.165) is 22.2 Å². The van der Waals surface area contributed by atoms with Crippen LogP contribution in [-0.4, -0.2) is 24.6 Å². The van der Waals surface area contributed by atoms with Crippen LogP contribution < -0.4 is 0 Å². The lowest BCUT2D eigenvalue weighted by molar-refractivity contribution is 0.602. The highest BCUT2D eigenvalue weighted by Crippen LogP contribution is 2.24. The van der Waals surface area contributed by atoms with Crippen molar-refractivity contribution in [1.82, 2.24) is 9.97 Å². The van der Waals surface area contributed by atoms with Crippen molar-refractivity contribution < 1.29 is 8.42 Å². The lowest BCUT2D eigenvalue weighted by atomic mass is 10.1. The molecule has 0 fully saturated rings. The number of rotatable bonds is 2. The zero-order valence-corrected chi connectivity index (χ0v) is 11.1. The summed E-state index contributed by atoms with van der Waals surface area (Å²) in [6.07, 6.45) is 4.77. The highest BCUT2D eigenvalue weighted by atomic mass is 32.2. The second-order valence-corrected chi connectivity index (χ2v) is 6.46. The number of nitrogens with one attached hydrogen (secondary N) is 1. The van der Waals surface area contributed by atoms with Gasteiger partial charge in [-0.15, -0.1) is 0 Å². The van der Waals surface area contributed by atoms with Crippen molar-refractivity contribution in [3.63, 3.8) is 0 Å². The van der Waals surface area contributed by atoms with Gasteiger partial charge in [0, 0.05) is 29.6 Å². The predicted octanol–water partition coefficient (Wildman–Crippen LogP) is 2.63. The average Bonchev–Trinajstić information content (AvgIpc) is 2.85. The van der Waals surface area contributed by atoms with E-state index in [1.165, 1.54) is 6.26 Å². The van der Waals surface area contributed by atoms with E-state index in [0.29, 0.717) is 4.90 Å². The summed E-state index contributed by atoms with van der Waals surface area (Å²) in [5, 5.41) is 1.00. The molecule has 5 heteroatoms. The lowest BCUT2D eigenvalue weighted by Crippen LogP contribution is -1.96. The monoisotopic (exact) mass is 272 g/mol. The summed E-state index contributed by atoms with van der Waals surface area (Å²) < 4.78 is 23.1. The van der Waals surface area contributed by atoms with Crippen LogP contribution in [0.2, 0.25) is 0 Å². The predicted molar refractivity (Wildman–Crippen MR) is 74.6 cm³/mol. The average molecular weight is 272 g/mol. The number of hydrogen-bond donors (Lipinski definition) is 1. The molecule has 0 radical (unpaired) electrons. The number of aromatic nitrogens is 2. The number of benzene rings is 1. The Balaban J connectivity index is 2.15. The summed E-state index contributed by atoms with van der Waals surface area (Å²) in [7, 11) is -3.19. The minimum atomic E-state index is -3.19. The lowest BCUT2D eigenvalue weighted by Gasteiger charge is -2.04. The number of pyridine rings is 1. The van der Waals surface area contributed by atoms with Crippen molar-refractivity contribution in [3.8, 4) is 11.1 Å². The van der Waals surface area contributed by atoms with Crippen molar-refractivity contribution in [2.45, 2.75) is 4.90 Å². The Labute approximate surface area is 111 Å². The molecule has 1 aromatic carbocycles. The fourth-order valence-corrected chi connectivity index (χ4v) is 2.67. The van der Waals surface area contributed by atoms with Gasteiger partial charge in [0.15, 0.2) is 9.84 Å². The minimum Gasteiger partial charge on any atom is -0.346 e. The van der Waals surface area contributed by atoms with Crippen LogP contribution in [0.25, 0.3) is 22.2 Å². The van der Waals surface area contributed by atoms with Gasteiger partial charge in [-0.2, -0.15) is 0 Å². The summed E-state index contributed by atoms with van der Waals surface area (Å²) in [6.45, 7) is 0. The molecule has 4 nitrogen and oxygen atoms in total. The van der Waals surface area contributed by atoms with Crippen molar-refractivity contribution in [2.75, 3.05) is 6.26 Å². The van der Waals surface area contributed by atoms with Gasteiger partial charge >= 0.3 is 0 Å². The fourth-order valence-electron chi connectivity index (χ4n) is 2.00. The summed E-state index contributed by atoms with van der Waals surface area (Å²) in [5.41, 5.74) is 2.57. The van der Waals surface area contributed by atoms with E-state index < -0.39 is 9.84 Å². The molecule has 96 valence electrons. The van der Waals surface area contributed by atoms with Gasteiger partial charge < -0.3 is 4.98 Å². The number of sulfone groups is 1. The third-order valence-corrected chi connectivity index (χ3v) is 4.11. The zero-order chi connectivity index (χ0) is 13.5. The first-order valence-electron chi connectivity index (χ1n) is 5.78. The molecular formula is C14H12N2O2S. The second-order valence-electron chi connectivity index (χ2n) is 4.44. The quantitative estimate of drug-likeness (QED) is 0.780. The number of hydrogen-bond acceptors (Lipinski definition) is 3. The number of aromatic amines is 1. The number of fused-ring (bicyclic) bond motifs is 1. The van der Waals surface area contributed by atoms with Gasteiger partial charge in [0.05, 0.1) is 4.90 Å². The first-order valence-corrected chi connectivity index (χ1v) is 7.67. The van der Waals surface area contributed by atoms with Gasteiger partial charge in [0.2, 0.25) is 0 Å². The minimum absolute atomic E-state index is 0.319. The number of nitrogens with zero attached hydrogens (tertiary/aromatic N) is 1. The van der Waals surface area contributed by atoms with Gasteiger partial charge in [-0.1, -0.05) is 12.1 Å². The molecule has 0 amide bonds. The second kappa shape index (κ2) is 4.20. The normalized spacial score (nSPS) is 11.8. The SMILES string of the molecule is CS(=O)(=O)c1cccc(-c2cnc3[nH]ccc3c2)c1. The molecule has 0 aliphatic heterocycles. The molecule has 19 heavy (non-hydrogen) atoms. The Morgan fingerprint density at radius 2 is 1.95 bits per heavy atom. The van der Waals surface area contributed by atoms with Gasteiger partial charge in [-0.25, -0.2) is 13.4 Å². The molecule has 0 saturated heterocycles. The Morgan fingerprint density at radius 3 is 2.74 bits per heavy atom. The van der Waals surface area contributed by atoms with Crippen LogP contribution in [-0.2, 0) is 9.84 Å². The van der Waals surface area contributed by atoms with Gasteiger partial charge in [0.1, 0.15) is 5.65 Å². The first-order chi connectivity index (χ1) is 9.04. The summed E-state index contributed by atoms with van der Waals surface area (Å²) in [5.74, 6) is 0. The molecule has 0 bridgehead atoms. The van der Waals surface area contributed by atoms with Crippen molar-refractivity contribution >= 4 is 20.9 Å². The topological polar surface area (TPSA) is 62.8 Å².